The normalized spacial score (nSPS) is 12.5. The predicted molar refractivity (Wildman–Crippen MR) is 122 cm³/mol. The molecule has 0 radical (unpaired) electrons. The lowest BCUT2D eigenvalue weighted by Gasteiger charge is -2.17. The van der Waals surface area contributed by atoms with Crippen molar-refractivity contribution in [3.63, 3.8) is 0 Å². The first-order chi connectivity index (χ1) is 16.0. The monoisotopic (exact) mass is 441 g/mol. The van der Waals surface area contributed by atoms with Crippen molar-refractivity contribution in [2.24, 2.45) is 0 Å². The second-order valence-electron chi connectivity index (χ2n) is 7.74. The van der Waals surface area contributed by atoms with E-state index in [9.17, 15) is 14.0 Å². The van der Waals surface area contributed by atoms with Crippen molar-refractivity contribution in [3.8, 4) is 5.69 Å². The lowest BCUT2D eigenvalue weighted by Crippen LogP contribution is -2.28. The highest BCUT2D eigenvalue weighted by atomic mass is 19.1. The van der Waals surface area contributed by atoms with Gasteiger partial charge >= 0.3 is 0 Å². The van der Waals surface area contributed by atoms with Crippen LogP contribution in [-0.2, 0) is 6.42 Å². The minimum absolute atomic E-state index is 0.00866. The summed E-state index contributed by atoms with van der Waals surface area (Å²) in [6, 6.07) is 20.4. The van der Waals surface area contributed by atoms with Crippen molar-refractivity contribution in [2.75, 3.05) is 16.8 Å². The van der Waals surface area contributed by atoms with Gasteiger partial charge in [-0.05, 0) is 73.5 Å². The number of carbonyl (C=O) groups is 2. The fraction of sp³-hybridized carbons (Fsp3) is 0.120. The highest BCUT2D eigenvalue weighted by Gasteiger charge is 2.25. The number of aromatic nitrogens is 3. The van der Waals surface area contributed by atoms with E-state index in [4.69, 9.17) is 0 Å². The zero-order valence-corrected chi connectivity index (χ0v) is 17.8. The first-order valence-electron chi connectivity index (χ1n) is 10.5. The van der Waals surface area contributed by atoms with Gasteiger partial charge in [0.25, 0.3) is 11.8 Å². The molecule has 0 atom stereocenters. The van der Waals surface area contributed by atoms with Gasteiger partial charge in [0, 0.05) is 23.5 Å². The van der Waals surface area contributed by atoms with Gasteiger partial charge in [0.15, 0.2) is 0 Å². The number of benzene rings is 3. The second kappa shape index (κ2) is 8.31. The molecule has 7 nitrogen and oxygen atoms in total. The minimum atomic E-state index is -0.480. The van der Waals surface area contributed by atoms with Crippen molar-refractivity contribution < 1.29 is 14.0 Å². The standard InChI is InChI=1S/C25H20FN5O2/c1-16-27-23(29-31(16)21-12-8-19(26)9-13-21)24(32)28-20-10-6-18(7-11-20)25(33)30-15-14-17-4-2-3-5-22(17)30/h2-13H,14-15H2,1H3,(H,28,32). The van der Waals surface area contributed by atoms with Crippen LogP contribution in [0.1, 0.15) is 32.4 Å². The smallest absolute Gasteiger partial charge is 0.295 e. The van der Waals surface area contributed by atoms with Gasteiger partial charge in [-0.15, -0.1) is 5.10 Å². The fourth-order valence-corrected chi connectivity index (χ4v) is 3.90. The van der Waals surface area contributed by atoms with E-state index in [1.54, 1.807) is 48.2 Å². The summed E-state index contributed by atoms with van der Waals surface area (Å²) in [7, 11) is 0. The SMILES string of the molecule is Cc1nc(C(=O)Nc2ccc(C(=O)N3CCc4ccccc43)cc2)nn1-c1ccc(F)cc1. The number of amides is 2. The lowest BCUT2D eigenvalue weighted by molar-refractivity contribution is 0.0987. The van der Waals surface area contributed by atoms with Crippen molar-refractivity contribution in [3.05, 3.63) is 101 Å². The molecule has 0 unspecified atom stereocenters. The Morgan fingerprint density at radius 3 is 2.45 bits per heavy atom. The highest BCUT2D eigenvalue weighted by Crippen LogP contribution is 2.29. The number of nitrogens with zero attached hydrogens (tertiary/aromatic N) is 4. The molecule has 8 heteroatoms. The molecule has 2 amide bonds. The van der Waals surface area contributed by atoms with Crippen molar-refractivity contribution in [2.45, 2.75) is 13.3 Å². The molecule has 0 fully saturated rings. The highest BCUT2D eigenvalue weighted by molar-refractivity contribution is 6.08. The van der Waals surface area contributed by atoms with Gasteiger partial charge in [0.1, 0.15) is 11.6 Å². The maximum Gasteiger partial charge on any atom is 0.295 e. The number of aryl methyl sites for hydroxylation is 1. The molecule has 0 saturated carbocycles. The van der Waals surface area contributed by atoms with E-state index in [-0.39, 0.29) is 17.5 Å². The van der Waals surface area contributed by atoms with Crippen LogP contribution in [-0.4, -0.2) is 33.1 Å². The van der Waals surface area contributed by atoms with Gasteiger partial charge in [0.05, 0.1) is 5.69 Å². The van der Waals surface area contributed by atoms with Gasteiger partial charge in [0.2, 0.25) is 5.82 Å². The van der Waals surface area contributed by atoms with Crippen LogP contribution in [0, 0.1) is 12.7 Å². The molecule has 4 aromatic rings. The molecule has 1 N–H and O–H groups in total. The van der Waals surface area contributed by atoms with Crippen molar-refractivity contribution >= 4 is 23.2 Å². The van der Waals surface area contributed by atoms with E-state index in [0.29, 0.717) is 29.3 Å². The summed E-state index contributed by atoms with van der Waals surface area (Å²) in [5.74, 6) is -0.422. The van der Waals surface area contributed by atoms with Crippen LogP contribution < -0.4 is 10.2 Å². The average molecular weight is 441 g/mol. The topological polar surface area (TPSA) is 80.1 Å². The zero-order chi connectivity index (χ0) is 22.9. The minimum Gasteiger partial charge on any atom is -0.319 e. The Morgan fingerprint density at radius 1 is 0.970 bits per heavy atom. The molecule has 3 aromatic carbocycles. The number of halogens is 1. The van der Waals surface area contributed by atoms with Gasteiger partial charge < -0.3 is 10.2 Å². The second-order valence-corrected chi connectivity index (χ2v) is 7.74. The summed E-state index contributed by atoms with van der Waals surface area (Å²) in [6.45, 7) is 2.36. The molecule has 1 aliphatic rings. The quantitative estimate of drug-likeness (QED) is 0.516. The van der Waals surface area contributed by atoms with Crippen LogP contribution in [0.15, 0.2) is 72.8 Å². The maximum atomic E-state index is 13.2. The van der Waals surface area contributed by atoms with Crippen molar-refractivity contribution in [1.29, 1.82) is 0 Å². The van der Waals surface area contributed by atoms with Crippen LogP contribution in [0.25, 0.3) is 5.69 Å². The Bertz CT molecular complexity index is 1350. The van der Waals surface area contributed by atoms with Gasteiger partial charge in [-0.1, -0.05) is 18.2 Å². The molecule has 1 aliphatic heterocycles. The van der Waals surface area contributed by atoms with Crippen LogP contribution in [0.5, 0.6) is 0 Å². The van der Waals surface area contributed by atoms with Crippen LogP contribution >= 0.6 is 0 Å². The molecule has 5 rings (SSSR count). The molecule has 33 heavy (non-hydrogen) atoms. The molecule has 0 aliphatic carbocycles. The number of fused-ring (bicyclic) bond motifs is 1. The lowest BCUT2D eigenvalue weighted by atomic mass is 10.1. The van der Waals surface area contributed by atoms with Crippen molar-refractivity contribution in [1.82, 2.24) is 14.8 Å². The number of hydrogen-bond acceptors (Lipinski definition) is 4. The molecular weight excluding hydrogens is 421 g/mol. The summed E-state index contributed by atoms with van der Waals surface area (Å²) in [5.41, 5.74) is 3.77. The van der Waals surface area contributed by atoms with E-state index in [1.807, 2.05) is 24.3 Å². The first kappa shape index (κ1) is 20.6. The summed E-state index contributed by atoms with van der Waals surface area (Å²) < 4.78 is 14.7. The molecule has 2 heterocycles. The van der Waals surface area contributed by atoms with Crippen LogP contribution in [0.4, 0.5) is 15.8 Å². The Balaban J connectivity index is 1.29. The summed E-state index contributed by atoms with van der Waals surface area (Å²) in [5, 5.41) is 6.98. The first-order valence-corrected chi connectivity index (χ1v) is 10.5. The largest absolute Gasteiger partial charge is 0.319 e. The van der Waals surface area contributed by atoms with Gasteiger partial charge in [-0.3, -0.25) is 9.59 Å². The van der Waals surface area contributed by atoms with Gasteiger partial charge in [-0.25, -0.2) is 14.1 Å². The van der Waals surface area contributed by atoms with Crippen LogP contribution in [0.3, 0.4) is 0 Å². The maximum absolute atomic E-state index is 13.2. The number of para-hydroxylation sites is 1. The summed E-state index contributed by atoms with van der Waals surface area (Å²) in [6.07, 6.45) is 0.840. The molecule has 164 valence electrons. The molecule has 0 spiro atoms. The van der Waals surface area contributed by atoms with Crippen LogP contribution in [0.2, 0.25) is 0 Å². The fourth-order valence-electron chi connectivity index (χ4n) is 3.90. The summed E-state index contributed by atoms with van der Waals surface area (Å²) >= 11 is 0. The average Bonchev–Trinajstić information content (AvgIpc) is 3.43. The van der Waals surface area contributed by atoms with E-state index in [2.05, 4.69) is 15.4 Å². The Kier molecular flexibility index (Phi) is 5.18. The Morgan fingerprint density at radius 2 is 1.70 bits per heavy atom. The number of nitrogens with one attached hydrogen (secondary N) is 1. The number of carbonyl (C=O) groups excluding carboxylic acids is 2. The summed E-state index contributed by atoms with van der Waals surface area (Å²) in [4.78, 5) is 31.6. The third kappa shape index (κ3) is 3.98. The third-order valence-electron chi connectivity index (χ3n) is 5.57. The van der Waals surface area contributed by atoms with E-state index in [1.165, 1.54) is 16.8 Å². The molecule has 0 saturated heterocycles. The van der Waals surface area contributed by atoms with Gasteiger partial charge in [-0.2, -0.15) is 0 Å². The number of hydrogen-bond donors (Lipinski definition) is 1. The molecule has 0 bridgehead atoms. The Labute approximate surface area is 189 Å². The number of rotatable bonds is 4. The van der Waals surface area contributed by atoms with E-state index < -0.39 is 5.91 Å². The molecule has 1 aromatic heterocycles. The van der Waals surface area contributed by atoms with E-state index in [0.717, 1.165) is 17.7 Å². The van der Waals surface area contributed by atoms with E-state index >= 15 is 0 Å². The number of anilines is 2. The third-order valence-corrected chi connectivity index (χ3v) is 5.57. The molecular formula is C25H20FN5O2. The predicted octanol–water partition coefficient (Wildman–Crippen LogP) is 4.17. The Hall–Kier alpha value is -4.33. The zero-order valence-electron chi connectivity index (χ0n) is 17.8.